The molecule has 0 aromatic heterocycles. The van der Waals surface area contributed by atoms with Crippen LogP contribution in [0.2, 0.25) is 0 Å². The second-order valence-electron chi connectivity index (χ2n) is 18.4. The molecule has 2 saturated heterocycles. The number of amides is 1. The molecular formula is C48H73NO14. The molecule has 3 fully saturated rings. The molecule has 0 radical (unpaired) electrons. The lowest BCUT2D eigenvalue weighted by molar-refractivity contribution is -0.302. The lowest BCUT2D eigenvalue weighted by Crippen LogP contribution is -2.64. The van der Waals surface area contributed by atoms with Gasteiger partial charge in [-0.05, 0) is 95.5 Å². The Morgan fingerprint density at radius 3 is 2.11 bits per heavy atom. The van der Waals surface area contributed by atoms with Crippen molar-refractivity contribution in [3.8, 4) is 0 Å². The zero-order valence-corrected chi connectivity index (χ0v) is 39.1. The quantitative estimate of drug-likeness (QED) is 0.127. The van der Waals surface area contributed by atoms with Crippen LogP contribution in [0.1, 0.15) is 119 Å². The van der Waals surface area contributed by atoms with E-state index in [0.717, 1.165) is 5.57 Å². The maximum absolute atomic E-state index is 14.6. The normalized spacial score (nSPS) is 38.0. The van der Waals surface area contributed by atoms with E-state index >= 15 is 0 Å². The number of rotatable bonds is 9. The van der Waals surface area contributed by atoms with Gasteiger partial charge in [0.05, 0.1) is 18.3 Å². The third kappa shape index (κ3) is 13.2. The highest BCUT2D eigenvalue weighted by atomic mass is 16.7. The number of hydrogen-bond donors (Lipinski definition) is 1. The number of Topliss-reactive ketones (excluding diaryl/α,β-unsaturated/α-hetero) is 2. The molecule has 1 amide bonds. The Morgan fingerprint density at radius 2 is 1.49 bits per heavy atom. The number of aliphatic hydroxyl groups is 1. The lowest BCUT2D eigenvalue weighted by Gasteiger charge is -2.47. The lowest BCUT2D eigenvalue weighted by atomic mass is 9.81. The van der Waals surface area contributed by atoms with Gasteiger partial charge in [-0.2, -0.15) is 0 Å². The number of esters is 3. The van der Waals surface area contributed by atoms with Gasteiger partial charge in [0.2, 0.25) is 5.79 Å². The number of ketones is 2. The summed E-state index contributed by atoms with van der Waals surface area (Å²) in [5.41, 5.74) is 1.55. The number of carbonyl (C=O) groups is 6. The first-order valence-electron chi connectivity index (χ1n) is 22.7. The van der Waals surface area contributed by atoms with Gasteiger partial charge in [-0.15, -0.1) is 6.58 Å². The van der Waals surface area contributed by atoms with Gasteiger partial charge in [0.15, 0.2) is 0 Å². The minimum Gasteiger partial charge on any atom is -0.462 e. The van der Waals surface area contributed by atoms with Gasteiger partial charge in [-0.25, -0.2) is 4.79 Å². The smallest absolute Gasteiger partial charge is 0.329 e. The van der Waals surface area contributed by atoms with Crippen molar-refractivity contribution in [2.75, 3.05) is 27.9 Å². The molecule has 0 aromatic carbocycles. The minimum absolute atomic E-state index is 0.0249. The van der Waals surface area contributed by atoms with Gasteiger partial charge in [0.1, 0.15) is 36.2 Å². The van der Waals surface area contributed by atoms with Crippen LogP contribution in [0.25, 0.3) is 0 Å². The number of hydrogen-bond acceptors (Lipinski definition) is 14. The van der Waals surface area contributed by atoms with Crippen LogP contribution in [0.15, 0.2) is 36.0 Å². The highest BCUT2D eigenvalue weighted by Crippen LogP contribution is 2.39. The molecule has 4 aliphatic rings. The van der Waals surface area contributed by atoms with E-state index in [1.165, 1.54) is 33.0 Å². The van der Waals surface area contributed by atoms with Crippen LogP contribution in [0.5, 0.6) is 0 Å². The number of nitrogens with zero attached hydrogens (tertiary/aromatic N) is 1. The Hall–Kier alpha value is -3.76. The van der Waals surface area contributed by atoms with Crippen molar-refractivity contribution in [2.45, 2.75) is 174 Å². The third-order valence-electron chi connectivity index (χ3n) is 13.5. The van der Waals surface area contributed by atoms with Gasteiger partial charge >= 0.3 is 17.9 Å². The van der Waals surface area contributed by atoms with Gasteiger partial charge < -0.3 is 43.2 Å². The number of methoxy groups -OCH3 is 3. The van der Waals surface area contributed by atoms with Crippen molar-refractivity contribution in [1.82, 2.24) is 4.90 Å². The first-order chi connectivity index (χ1) is 29.8. The Morgan fingerprint density at radius 1 is 0.857 bits per heavy atom. The summed E-state index contributed by atoms with van der Waals surface area (Å²) in [5.74, 6) is -9.11. The van der Waals surface area contributed by atoms with Crippen molar-refractivity contribution >= 4 is 35.4 Å². The van der Waals surface area contributed by atoms with E-state index in [0.29, 0.717) is 56.9 Å². The fourth-order valence-electron chi connectivity index (χ4n) is 10.1. The van der Waals surface area contributed by atoms with E-state index in [9.17, 15) is 33.9 Å². The van der Waals surface area contributed by atoms with E-state index in [4.69, 9.17) is 33.2 Å². The number of carbonyl (C=O) groups excluding carboxylic acids is 6. The molecule has 1 N–H and O–H groups in total. The van der Waals surface area contributed by atoms with Gasteiger partial charge in [-0.1, -0.05) is 44.6 Å². The second kappa shape index (κ2) is 23.4. The summed E-state index contributed by atoms with van der Waals surface area (Å²) in [5, 5.41) is 12.1. The minimum atomic E-state index is -2.54. The molecule has 1 saturated carbocycles. The highest BCUT2D eigenvalue weighted by molar-refractivity contribution is 6.39. The molecule has 0 aromatic rings. The van der Waals surface area contributed by atoms with Crippen molar-refractivity contribution in [2.24, 2.45) is 29.6 Å². The maximum atomic E-state index is 14.6. The maximum Gasteiger partial charge on any atom is 0.329 e. The number of ether oxygens (including phenoxy) is 7. The average Bonchev–Trinajstić information content (AvgIpc) is 3.23. The summed E-state index contributed by atoms with van der Waals surface area (Å²) >= 11 is 0. The molecule has 0 spiro atoms. The summed E-state index contributed by atoms with van der Waals surface area (Å²) < 4.78 is 41.6. The Bertz CT molecular complexity index is 1710. The van der Waals surface area contributed by atoms with Crippen LogP contribution in [0.3, 0.4) is 0 Å². The molecule has 15 heteroatoms. The van der Waals surface area contributed by atoms with Crippen LogP contribution in [-0.2, 0) is 61.9 Å². The number of allylic oxidation sites excluding steroid dienone is 4. The molecule has 3 heterocycles. The monoisotopic (exact) mass is 888 g/mol. The van der Waals surface area contributed by atoms with Gasteiger partial charge in [-0.3, -0.25) is 24.0 Å². The van der Waals surface area contributed by atoms with Gasteiger partial charge in [0.25, 0.3) is 11.7 Å². The van der Waals surface area contributed by atoms with Gasteiger partial charge in [0, 0.05) is 65.9 Å². The summed E-state index contributed by atoms with van der Waals surface area (Å²) in [6.07, 6.45) is 4.81. The predicted molar refractivity (Wildman–Crippen MR) is 232 cm³/mol. The Balaban J connectivity index is 1.83. The van der Waals surface area contributed by atoms with E-state index in [-0.39, 0.29) is 49.5 Å². The molecule has 2 bridgehead atoms. The van der Waals surface area contributed by atoms with Crippen LogP contribution in [-0.4, -0.2) is 128 Å². The van der Waals surface area contributed by atoms with E-state index in [1.54, 1.807) is 34.0 Å². The van der Waals surface area contributed by atoms with E-state index in [2.05, 4.69) is 6.58 Å². The fourth-order valence-corrected chi connectivity index (χ4v) is 10.1. The van der Waals surface area contributed by atoms with Crippen molar-refractivity contribution < 1.29 is 67.0 Å². The molecule has 4 rings (SSSR count). The number of piperidine rings is 1. The van der Waals surface area contributed by atoms with Crippen molar-refractivity contribution in [3.05, 3.63) is 36.0 Å². The number of fused-ring (bicyclic) bond motifs is 3. The third-order valence-corrected chi connectivity index (χ3v) is 13.5. The molecule has 354 valence electrons. The molecule has 14 atom stereocenters. The molecule has 63 heavy (non-hydrogen) atoms. The summed E-state index contributed by atoms with van der Waals surface area (Å²) in [6, 6.07) is -1.19. The Labute approximate surface area is 373 Å². The van der Waals surface area contributed by atoms with Crippen LogP contribution in [0, 0.1) is 29.6 Å². The Kier molecular flexibility index (Phi) is 19.3. The molecule has 1 aliphatic carbocycles. The van der Waals surface area contributed by atoms with Crippen molar-refractivity contribution in [3.63, 3.8) is 0 Å². The van der Waals surface area contributed by atoms with Crippen LogP contribution < -0.4 is 0 Å². The molecule has 14 unspecified atom stereocenters. The summed E-state index contributed by atoms with van der Waals surface area (Å²) in [4.78, 5) is 83.3. The summed E-state index contributed by atoms with van der Waals surface area (Å²) in [7, 11) is 4.59. The molecular weight excluding hydrogens is 815 g/mol. The standard InChI is InChI=1S/C48H73NO14/c1-12-15-35-21-27(2)20-28(3)22-41(58-10)44-42(59-11)24-30(5)48(56,63-44)45(53)46(54)49-19-14-13-16-36(49)47(55)62-43(31(6)39(26-37(35)52)61-33(8)51)29(4)23-34-17-18-38(60-32(7)50)40(25-34)57-9/h12,21,23,28,30-31,34-36,38-44,56H,1,13-20,22,24-26H2,2-11H3/b27-21+,29-23?. The topological polar surface area (TPSA) is 190 Å². The zero-order chi connectivity index (χ0) is 46.8. The van der Waals surface area contributed by atoms with Crippen LogP contribution >= 0.6 is 0 Å². The second-order valence-corrected chi connectivity index (χ2v) is 18.4. The first-order valence-corrected chi connectivity index (χ1v) is 22.7. The highest BCUT2D eigenvalue weighted by Gasteiger charge is 2.56. The van der Waals surface area contributed by atoms with Crippen molar-refractivity contribution in [1.29, 1.82) is 0 Å². The van der Waals surface area contributed by atoms with Crippen LogP contribution in [0.4, 0.5) is 0 Å². The predicted octanol–water partition coefficient (Wildman–Crippen LogP) is 5.78. The average molecular weight is 888 g/mol. The first kappa shape index (κ1) is 51.9. The zero-order valence-electron chi connectivity index (χ0n) is 39.1. The largest absolute Gasteiger partial charge is 0.462 e. The summed E-state index contributed by atoms with van der Waals surface area (Å²) in [6.45, 7) is 15.7. The fraction of sp³-hybridized carbons (Fsp3) is 0.750. The molecule has 15 nitrogen and oxygen atoms in total. The van der Waals surface area contributed by atoms with E-state index in [1.807, 2.05) is 26.0 Å². The molecule has 3 aliphatic heterocycles. The van der Waals surface area contributed by atoms with E-state index < -0.39 is 95.8 Å². The number of cyclic esters (lactones) is 1. The SMILES string of the molecule is C=CCC1/C=C(\C)CC(C)CC(OC)C2OC(O)(C(=O)C(=O)N3CCCCC3C(=O)OC(C(C)=CC3CCC(OC(C)=O)C(OC)C3)C(C)C(OC(C)=O)CC1=O)C(C)CC2OC.